The second kappa shape index (κ2) is 8.31. The molecule has 0 aliphatic rings. The van der Waals surface area contributed by atoms with Gasteiger partial charge in [-0.05, 0) is 43.5 Å². The van der Waals surface area contributed by atoms with Crippen LogP contribution < -0.4 is 5.32 Å². The molecule has 160 valence electrons. The minimum atomic E-state index is -5.03. The molecule has 0 spiro atoms. The molecule has 30 heavy (non-hydrogen) atoms. The minimum absolute atomic E-state index is 0.276. The molecule has 1 aromatic heterocycles. The summed E-state index contributed by atoms with van der Waals surface area (Å²) in [5.41, 5.74) is -1.94. The summed E-state index contributed by atoms with van der Waals surface area (Å²) in [6, 6.07) is 9.21. The van der Waals surface area contributed by atoms with Gasteiger partial charge in [-0.25, -0.2) is 4.39 Å². The molecule has 0 fully saturated rings. The van der Waals surface area contributed by atoms with Gasteiger partial charge in [0.25, 0.3) is 0 Å². The highest BCUT2D eigenvalue weighted by Crippen LogP contribution is 2.46. The van der Waals surface area contributed by atoms with Gasteiger partial charge in [-0.15, -0.1) is 0 Å². The predicted molar refractivity (Wildman–Crippen MR) is 110 cm³/mol. The highest BCUT2D eigenvalue weighted by Gasteiger charge is 2.59. The Hall–Kier alpha value is -2.52. The van der Waals surface area contributed by atoms with Crippen molar-refractivity contribution in [2.45, 2.75) is 24.7 Å². The van der Waals surface area contributed by atoms with Crippen LogP contribution in [0.25, 0.3) is 10.9 Å². The number of pyridine rings is 1. The highest BCUT2D eigenvalue weighted by molar-refractivity contribution is 7.98. The lowest BCUT2D eigenvalue weighted by Gasteiger charge is -2.38. The third kappa shape index (κ3) is 4.17. The SMILES string of the molecule is CSCC(O)(C(Nc1cccc2nc(C)ccc12)c1ccc(F)cc1O)C(F)(F)F. The molecule has 0 aliphatic carbocycles. The molecule has 3 rings (SSSR count). The number of aromatic nitrogens is 1. The molecule has 3 N–H and O–H groups in total. The van der Waals surface area contributed by atoms with Crippen LogP contribution in [0.5, 0.6) is 5.75 Å². The van der Waals surface area contributed by atoms with Crippen molar-refractivity contribution < 1.29 is 27.8 Å². The molecule has 0 saturated carbocycles. The highest BCUT2D eigenvalue weighted by atomic mass is 32.2. The van der Waals surface area contributed by atoms with E-state index >= 15 is 0 Å². The quantitative estimate of drug-likeness (QED) is 0.460. The van der Waals surface area contributed by atoms with Crippen molar-refractivity contribution in [3.8, 4) is 5.75 Å². The molecule has 4 nitrogen and oxygen atoms in total. The van der Waals surface area contributed by atoms with Crippen molar-refractivity contribution in [1.29, 1.82) is 0 Å². The minimum Gasteiger partial charge on any atom is -0.507 e. The standard InChI is InChI=1S/C21H20F4N2O2S/c1-12-6-8-14-16(26-12)4-3-5-17(14)27-19(15-9-7-13(22)10-18(15)28)20(29,11-30-2)21(23,24)25/h3-10,19,27-29H,11H2,1-2H3. The Morgan fingerprint density at radius 2 is 1.87 bits per heavy atom. The van der Waals surface area contributed by atoms with Crippen molar-refractivity contribution in [3.05, 3.63) is 65.6 Å². The van der Waals surface area contributed by atoms with Crippen molar-refractivity contribution in [2.24, 2.45) is 0 Å². The topological polar surface area (TPSA) is 65.4 Å². The van der Waals surface area contributed by atoms with Gasteiger partial charge in [-0.3, -0.25) is 4.98 Å². The number of phenols is 1. The number of phenolic OH excluding ortho intramolecular Hbond substituents is 1. The zero-order valence-corrected chi connectivity index (χ0v) is 17.0. The second-order valence-electron chi connectivity index (χ2n) is 6.96. The molecule has 1 heterocycles. The van der Waals surface area contributed by atoms with E-state index in [0.29, 0.717) is 17.0 Å². The normalized spacial score (nSPS) is 15.0. The number of nitrogens with zero attached hydrogens (tertiary/aromatic N) is 1. The molecular formula is C21H20F4N2O2S. The molecule has 2 aromatic carbocycles. The smallest absolute Gasteiger partial charge is 0.420 e. The molecule has 0 amide bonds. The number of alkyl halides is 3. The third-order valence-corrected chi connectivity index (χ3v) is 5.54. The average Bonchev–Trinajstić information content (AvgIpc) is 2.65. The largest absolute Gasteiger partial charge is 0.507 e. The van der Waals surface area contributed by atoms with Gasteiger partial charge in [0.05, 0.1) is 11.6 Å². The Balaban J connectivity index is 2.20. The molecular weight excluding hydrogens is 420 g/mol. The first-order valence-electron chi connectivity index (χ1n) is 8.96. The van der Waals surface area contributed by atoms with Gasteiger partial charge < -0.3 is 15.5 Å². The molecule has 3 aromatic rings. The summed E-state index contributed by atoms with van der Waals surface area (Å²) in [4.78, 5) is 4.36. The van der Waals surface area contributed by atoms with Crippen LogP contribution >= 0.6 is 11.8 Å². The van der Waals surface area contributed by atoms with E-state index in [0.717, 1.165) is 29.6 Å². The van der Waals surface area contributed by atoms with Gasteiger partial charge in [0.2, 0.25) is 0 Å². The van der Waals surface area contributed by atoms with Crippen LogP contribution in [0.3, 0.4) is 0 Å². The first kappa shape index (κ1) is 22.2. The molecule has 0 saturated heterocycles. The Kier molecular flexibility index (Phi) is 6.14. The van der Waals surface area contributed by atoms with Crippen LogP contribution in [0.15, 0.2) is 48.5 Å². The first-order valence-corrected chi connectivity index (χ1v) is 10.4. The zero-order valence-electron chi connectivity index (χ0n) is 16.2. The van der Waals surface area contributed by atoms with Crippen LogP contribution in [-0.2, 0) is 0 Å². The van der Waals surface area contributed by atoms with Gasteiger partial charge in [-0.2, -0.15) is 24.9 Å². The molecule has 2 atom stereocenters. The van der Waals surface area contributed by atoms with E-state index in [-0.39, 0.29) is 11.3 Å². The van der Waals surface area contributed by atoms with Crippen LogP contribution in [0.4, 0.5) is 23.2 Å². The Bertz CT molecular complexity index is 1060. The van der Waals surface area contributed by atoms with Crippen LogP contribution in [0.2, 0.25) is 0 Å². The van der Waals surface area contributed by atoms with E-state index in [1.165, 1.54) is 6.26 Å². The Morgan fingerprint density at radius 1 is 1.13 bits per heavy atom. The summed E-state index contributed by atoms with van der Waals surface area (Å²) >= 11 is 0.806. The second-order valence-corrected chi connectivity index (χ2v) is 7.83. The fourth-order valence-corrected chi connectivity index (χ4v) is 4.07. The fraction of sp³-hybridized carbons (Fsp3) is 0.286. The summed E-state index contributed by atoms with van der Waals surface area (Å²) in [5, 5.41) is 24.3. The maximum Gasteiger partial charge on any atom is 0.420 e. The van der Waals surface area contributed by atoms with Gasteiger partial charge in [0, 0.05) is 34.2 Å². The molecule has 9 heteroatoms. The van der Waals surface area contributed by atoms with Crippen LogP contribution in [0, 0.1) is 12.7 Å². The van der Waals surface area contributed by atoms with Gasteiger partial charge >= 0.3 is 6.18 Å². The summed E-state index contributed by atoms with van der Waals surface area (Å²) in [6.07, 6.45) is -3.60. The summed E-state index contributed by atoms with van der Waals surface area (Å²) in [5.74, 6) is -2.20. The molecule has 0 bridgehead atoms. The summed E-state index contributed by atoms with van der Waals surface area (Å²) < 4.78 is 55.6. The van der Waals surface area contributed by atoms with Crippen molar-refractivity contribution in [1.82, 2.24) is 4.98 Å². The third-order valence-electron chi connectivity index (χ3n) is 4.81. The fourth-order valence-electron chi connectivity index (χ4n) is 3.30. The maximum absolute atomic E-state index is 14.0. The Labute approximate surface area is 175 Å². The maximum atomic E-state index is 14.0. The monoisotopic (exact) mass is 440 g/mol. The van der Waals surface area contributed by atoms with Crippen molar-refractivity contribution >= 4 is 28.4 Å². The number of aryl methyl sites for hydroxylation is 1. The van der Waals surface area contributed by atoms with Crippen molar-refractivity contribution in [2.75, 3.05) is 17.3 Å². The number of aliphatic hydroxyl groups is 1. The number of nitrogens with one attached hydrogen (secondary N) is 1. The van der Waals surface area contributed by atoms with E-state index in [1.54, 1.807) is 37.3 Å². The van der Waals surface area contributed by atoms with Crippen molar-refractivity contribution in [3.63, 3.8) is 0 Å². The number of thioether (sulfide) groups is 1. The number of aromatic hydroxyl groups is 1. The molecule has 2 unspecified atom stereocenters. The number of rotatable bonds is 6. The number of fused-ring (bicyclic) bond motifs is 1. The number of anilines is 1. The predicted octanol–water partition coefficient (Wildman–Crippen LogP) is 5.20. The van der Waals surface area contributed by atoms with E-state index in [2.05, 4.69) is 10.3 Å². The summed E-state index contributed by atoms with van der Waals surface area (Å²) in [7, 11) is 0. The van der Waals surface area contributed by atoms with E-state index in [1.807, 2.05) is 0 Å². The van der Waals surface area contributed by atoms with Crippen LogP contribution in [-0.4, -0.2) is 39.0 Å². The zero-order chi connectivity index (χ0) is 22.1. The van der Waals surface area contributed by atoms with Gasteiger partial charge in [0.1, 0.15) is 11.6 Å². The number of benzene rings is 2. The number of halogens is 4. The van der Waals surface area contributed by atoms with E-state index in [4.69, 9.17) is 0 Å². The first-order chi connectivity index (χ1) is 14.1. The molecule has 0 aliphatic heterocycles. The van der Waals surface area contributed by atoms with Gasteiger partial charge in [0.15, 0.2) is 5.60 Å². The van der Waals surface area contributed by atoms with Crippen LogP contribution in [0.1, 0.15) is 17.3 Å². The Morgan fingerprint density at radius 3 is 2.50 bits per heavy atom. The van der Waals surface area contributed by atoms with E-state index < -0.39 is 35.1 Å². The lowest BCUT2D eigenvalue weighted by Crippen LogP contribution is -2.54. The lowest BCUT2D eigenvalue weighted by atomic mass is 9.88. The average molecular weight is 440 g/mol. The number of hydrogen-bond donors (Lipinski definition) is 3. The van der Waals surface area contributed by atoms with Gasteiger partial charge in [-0.1, -0.05) is 12.1 Å². The number of hydrogen-bond acceptors (Lipinski definition) is 5. The summed E-state index contributed by atoms with van der Waals surface area (Å²) in [6.45, 7) is 1.79. The lowest BCUT2D eigenvalue weighted by molar-refractivity contribution is -0.256. The molecule has 0 radical (unpaired) electrons. The van der Waals surface area contributed by atoms with E-state index in [9.17, 15) is 27.8 Å².